The third-order valence-corrected chi connectivity index (χ3v) is 3.85. The van der Waals surface area contributed by atoms with E-state index in [1.807, 2.05) is 36.6 Å². The predicted octanol–water partition coefficient (Wildman–Crippen LogP) is 4.23. The van der Waals surface area contributed by atoms with E-state index >= 15 is 0 Å². The number of hydrogen-bond acceptors (Lipinski definition) is 2. The number of amides is 1. The number of nitrogens with two attached hydrogens (primary N) is 1. The second kappa shape index (κ2) is 6.35. The zero-order valence-corrected chi connectivity index (χ0v) is 14.1. The highest BCUT2D eigenvalue weighted by molar-refractivity contribution is 9.10. The second-order valence-electron chi connectivity index (χ2n) is 5.27. The lowest BCUT2D eigenvalue weighted by Crippen LogP contribution is -2.18. The van der Waals surface area contributed by atoms with Crippen molar-refractivity contribution in [2.45, 2.75) is 33.2 Å². The molecule has 21 heavy (non-hydrogen) atoms. The monoisotopic (exact) mass is 349 g/mol. The Morgan fingerprint density at radius 2 is 2.10 bits per heavy atom. The first-order valence-electron chi connectivity index (χ1n) is 6.99. The molecule has 112 valence electrons. The van der Waals surface area contributed by atoms with Crippen molar-refractivity contribution in [1.82, 2.24) is 4.57 Å². The maximum Gasteiger partial charge on any atom is 0.272 e. The molecule has 0 spiro atoms. The summed E-state index contributed by atoms with van der Waals surface area (Å²) in [5.74, 6) is -0.141. The molecular formula is C16H20BrN3O. The average Bonchev–Trinajstić information content (AvgIpc) is 2.83. The maximum absolute atomic E-state index is 12.5. The van der Waals surface area contributed by atoms with Gasteiger partial charge in [-0.05, 0) is 50.1 Å². The number of nitrogen functional groups attached to an aromatic ring is 1. The lowest BCUT2D eigenvalue weighted by molar-refractivity contribution is 0.101. The molecule has 0 atom stereocenters. The van der Waals surface area contributed by atoms with E-state index < -0.39 is 0 Å². The van der Waals surface area contributed by atoms with E-state index in [9.17, 15) is 4.79 Å². The topological polar surface area (TPSA) is 60.1 Å². The van der Waals surface area contributed by atoms with Gasteiger partial charge in [-0.1, -0.05) is 22.9 Å². The fourth-order valence-electron chi connectivity index (χ4n) is 2.27. The van der Waals surface area contributed by atoms with Gasteiger partial charge < -0.3 is 15.6 Å². The number of nitrogens with zero attached hydrogens (tertiary/aromatic N) is 1. The number of carbonyl (C=O) groups excluding carboxylic acids is 1. The van der Waals surface area contributed by atoms with Gasteiger partial charge >= 0.3 is 0 Å². The molecule has 1 amide bonds. The Morgan fingerprint density at radius 1 is 1.38 bits per heavy atom. The van der Waals surface area contributed by atoms with Crippen molar-refractivity contribution in [3.8, 4) is 0 Å². The Balaban J connectivity index is 2.30. The molecule has 0 aliphatic carbocycles. The SMILES string of the molecule is CCc1cc(Br)ccc1NC(=O)c1cc(N)cn1C(C)C. The Hall–Kier alpha value is -1.75. The molecule has 0 saturated heterocycles. The van der Waals surface area contributed by atoms with Crippen molar-refractivity contribution in [3.05, 3.63) is 46.2 Å². The minimum Gasteiger partial charge on any atom is -0.397 e. The van der Waals surface area contributed by atoms with Crippen molar-refractivity contribution in [3.63, 3.8) is 0 Å². The Bertz CT molecular complexity index is 662. The summed E-state index contributed by atoms with van der Waals surface area (Å²) in [5, 5.41) is 2.98. The summed E-state index contributed by atoms with van der Waals surface area (Å²) in [4.78, 5) is 12.5. The fraction of sp³-hybridized carbons (Fsp3) is 0.312. The minimum atomic E-state index is -0.141. The standard InChI is InChI=1S/C16H20BrN3O/c1-4-11-7-12(17)5-6-14(11)19-16(21)15-8-13(18)9-20(15)10(2)3/h5-10H,4,18H2,1-3H3,(H,19,21). The molecule has 3 N–H and O–H groups in total. The zero-order valence-electron chi connectivity index (χ0n) is 12.5. The van der Waals surface area contributed by atoms with E-state index in [1.54, 1.807) is 12.3 Å². The lowest BCUT2D eigenvalue weighted by Gasteiger charge is -2.14. The highest BCUT2D eigenvalue weighted by Gasteiger charge is 2.16. The van der Waals surface area contributed by atoms with Crippen molar-refractivity contribution >= 4 is 33.2 Å². The van der Waals surface area contributed by atoms with Crippen molar-refractivity contribution in [1.29, 1.82) is 0 Å². The van der Waals surface area contributed by atoms with Crippen LogP contribution < -0.4 is 11.1 Å². The van der Waals surface area contributed by atoms with E-state index in [2.05, 4.69) is 28.2 Å². The zero-order chi connectivity index (χ0) is 15.6. The van der Waals surface area contributed by atoms with Gasteiger partial charge in [-0.25, -0.2) is 0 Å². The van der Waals surface area contributed by atoms with Crippen LogP contribution in [0.2, 0.25) is 0 Å². The van der Waals surface area contributed by atoms with Gasteiger partial charge in [-0.15, -0.1) is 0 Å². The number of nitrogens with one attached hydrogen (secondary N) is 1. The van der Waals surface area contributed by atoms with Gasteiger partial charge in [0.15, 0.2) is 0 Å². The van der Waals surface area contributed by atoms with Gasteiger partial charge in [-0.2, -0.15) is 0 Å². The third kappa shape index (κ3) is 3.47. The number of hydrogen-bond donors (Lipinski definition) is 2. The first-order chi connectivity index (χ1) is 9.92. The molecule has 1 heterocycles. The van der Waals surface area contributed by atoms with E-state index in [4.69, 9.17) is 5.73 Å². The van der Waals surface area contributed by atoms with Gasteiger partial charge in [0.05, 0.1) is 5.69 Å². The van der Waals surface area contributed by atoms with E-state index in [0.29, 0.717) is 11.4 Å². The van der Waals surface area contributed by atoms with Crippen LogP contribution in [0.4, 0.5) is 11.4 Å². The maximum atomic E-state index is 12.5. The number of rotatable bonds is 4. The third-order valence-electron chi connectivity index (χ3n) is 3.36. The molecular weight excluding hydrogens is 330 g/mol. The highest BCUT2D eigenvalue weighted by Crippen LogP contribution is 2.23. The molecule has 1 aromatic heterocycles. The second-order valence-corrected chi connectivity index (χ2v) is 6.18. The quantitative estimate of drug-likeness (QED) is 0.867. The van der Waals surface area contributed by atoms with Crippen LogP contribution in [0.15, 0.2) is 34.9 Å². The normalized spacial score (nSPS) is 10.9. The molecule has 0 fully saturated rings. The number of aryl methyl sites for hydroxylation is 1. The largest absolute Gasteiger partial charge is 0.397 e. The van der Waals surface area contributed by atoms with E-state index in [0.717, 1.165) is 22.1 Å². The number of anilines is 2. The predicted molar refractivity (Wildman–Crippen MR) is 90.7 cm³/mol. The first kappa shape index (κ1) is 15.6. The Labute approximate surface area is 133 Å². The molecule has 0 bridgehead atoms. The van der Waals surface area contributed by atoms with Crippen LogP contribution >= 0.6 is 15.9 Å². The number of aromatic nitrogens is 1. The van der Waals surface area contributed by atoms with E-state index in [1.165, 1.54) is 0 Å². The fourth-order valence-corrected chi connectivity index (χ4v) is 2.68. The summed E-state index contributed by atoms with van der Waals surface area (Å²) < 4.78 is 2.89. The molecule has 0 aliphatic rings. The van der Waals surface area contributed by atoms with Crippen LogP contribution in [0.3, 0.4) is 0 Å². The van der Waals surface area contributed by atoms with Crippen LogP contribution in [0.25, 0.3) is 0 Å². The minimum absolute atomic E-state index is 0.141. The van der Waals surface area contributed by atoms with Gasteiger partial charge in [-0.3, -0.25) is 4.79 Å². The van der Waals surface area contributed by atoms with Crippen LogP contribution in [0.5, 0.6) is 0 Å². The summed E-state index contributed by atoms with van der Waals surface area (Å²) in [6, 6.07) is 7.74. The van der Waals surface area contributed by atoms with Gasteiger partial charge in [0.2, 0.25) is 0 Å². The molecule has 0 radical (unpaired) electrons. The average molecular weight is 350 g/mol. The lowest BCUT2D eigenvalue weighted by atomic mass is 10.1. The number of benzene rings is 1. The summed E-state index contributed by atoms with van der Waals surface area (Å²) in [5.41, 5.74) is 8.92. The summed E-state index contributed by atoms with van der Waals surface area (Å²) in [6.45, 7) is 6.10. The molecule has 1 aromatic carbocycles. The first-order valence-corrected chi connectivity index (χ1v) is 7.78. The summed E-state index contributed by atoms with van der Waals surface area (Å²) in [7, 11) is 0. The van der Waals surface area contributed by atoms with E-state index in [-0.39, 0.29) is 11.9 Å². The van der Waals surface area contributed by atoms with Crippen molar-refractivity contribution in [2.24, 2.45) is 0 Å². The number of halogens is 1. The van der Waals surface area contributed by atoms with Crippen molar-refractivity contribution in [2.75, 3.05) is 11.1 Å². The highest BCUT2D eigenvalue weighted by atomic mass is 79.9. The summed E-state index contributed by atoms with van der Waals surface area (Å²) in [6.07, 6.45) is 2.64. The Kier molecular flexibility index (Phi) is 4.73. The van der Waals surface area contributed by atoms with Gasteiger partial charge in [0, 0.05) is 22.4 Å². The molecule has 0 unspecified atom stereocenters. The molecule has 0 saturated carbocycles. The summed E-state index contributed by atoms with van der Waals surface area (Å²) >= 11 is 3.45. The molecule has 0 aliphatic heterocycles. The Morgan fingerprint density at radius 3 is 2.71 bits per heavy atom. The van der Waals surface area contributed by atoms with Crippen LogP contribution in [-0.4, -0.2) is 10.5 Å². The van der Waals surface area contributed by atoms with Gasteiger partial charge in [0.25, 0.3) is 5.91 Å². The molecule has 5 heteroatoms. The van der Waals surface area contributed by atoms with Crippen LogP contribution in [0.1, 0.15) is 42.9 Å². The molecule has 4 nitrogen and oxygen atoms in total. The number of carbonyl (C=O) groups is 1. The smallest absolute Gasteiger partial charge is 0.272 e. The van der Waals surface area contributed by atoms with Gasteiger partial charge in [0.1, 0.15) is 5.69 Å². The molecule has 2 rings (SSSR count). The van der Waals surface area contributed by atoms with Crippen LogP contribution in [0, 0.1) is 0 Å². The van der Waals surface area contributed by atoms with Crippen molar-refractivity contribution < 1.29 is 4.79 Å². The van der Waals surface area contributed by atoms with Crippen LogP contribution in [-0.2, 0) is 6.42 Å². The molecule has 2 aromatic rings.